The van der Waals surface area contributed by atoms with Gasteiger partial charge >= 0.3 is 18.2 Å². The molecule has 2 rings (SSSR count). The van der Waals surface area contributed by atoms with Gasteiger partial charge < -0.3 is 15.2 Å². The van der Waals surface area contributed by atoms with Crippen LogP contribution >= 0.6 is 0 Å². The van der Waals surface area contributed by atoms with Gasteiger partial charge in [-0.25, -0.2) is 4.79 Å². The van der Waals surface area contributed by atoms with Gasteiger partial charge in [0.15, 0.2) is 5.78 Å². The Labute approximate surface area is 155 Å². The first-order valence-electron chi connectivity index (χ1n) is 7.72. The van der Waals surface area contributed by atoms with Gasteiger partial charge in [-0.05, 0) is 10.8 Å². The molecule has 1 unspecified atom stereocenters. The van der Waals surface area contributed by atoms with Crippen LogP contribution in [-0.4, -0.2) is 49.2 Å². The van der Waals surface area contributed by atoms with Gasteiger partial charge in [0.05, 0.1) is 6.42 Å². The van der Waals surface area contributed by atoms with E-state index in [4.69, 9.17) is 9.84 Å². The zero-order valence-electron chi connectivity index (χ0n) is 14.1. The number of alkyl carbamates (subject to hydrolysis) is 1. The fourth-order valence-corrected chi connectivity index (χ4v) is 2.00. The molecule has 0 radical (unpaired) electrons. The van der Waals surface area contributed by atoms with Crippen LogP contribution in [0, 0.1) is 0 Å². The van der Waals surface area contributed by atoms with E-state index in [1.54, 1.807) is 30.3 Å². The normalized spacial score (nSPS) is 12.2. The Morgan fingerprint density at radius 1 is 1.21 bits per heavy atom. The van der Waals surface area contributed by atoms with Crippen LogP contribution in [0.5, 0.6) is 0 Å². The number of alkyl halides is 3. The second-order valence-electron chi connectivity index (χ2n) is 5.46. The highest BCUT2D eigenvalue weighted by Crippen LogP contribution is 2.24. The predicted octanol–water partition coefficient (Wildman–Crippen LogP) is 1.03. The average Bonchev–Trinajstić information content (AvgIpc) is 3.09. The lowest BCUT2D eigenvalue weighted by atomic mass is 10.1. The van der Waals surface area contributed by atoms with E-state index in [2.05, 4.69) is 20.7 Å². The fourth-order valence-electron chi connectivity index (χ4n) is 2.00. The van der Waals surface area contributed by atoms with Gasteiger partial charge in [-0.15, -0.1) is 10.2 Å². The molecule has 0 aliphatic rings. The number of carboxylic acids is 1. The molecular weight excluding hydrogens is 387 g/mol. The first kappa shape index (κ1) is 20.8. The Balaban J connectivity index is 1.97. The van der Waals surface area contributed by atoms with Crippen molar-refractivity contribution >= 4 is 17.8 Å². The summed E-state index contributed by atoms with van der Waals surface area (Å²) in [5.41, 5.74) is 0.658. The number of aliphatic carboxylic acids is 1. The summed E-state index contributed by atoms with van der Waals surface area (Å²) < 4.78 is 42.2. The molecule has 10 nitrogen and oxygen atoms in total. The number of ether oxygens (including phenoxy) is 1. The first-order valence-corrected chi connectivity index (χ1v) is 7.72. The van der Waals surface area contributed by atoms with E-state index >= 15 is 0 Å². The summed E-state index contributed by atoms with van der Waals surface area (Å²) in [7, 11) is 0. The minimum absolute atomic E-state index is 0.125. The summed E-state index contributed by atoms with van der Waals surface area (Å²) >= 11 is 0. The second kappa shape index (κ2) is 8.92. The van der Waals surface area contributed by atoms with Crippen LogP contribution in [-0.2, 0) is 33.7 Å². The van der Waals surface area contributed by atoms with Gasteiger partial charge in [-0.3, -0.25) is 9.59 Å². The molecule has 0 saturated heterocycles. The Bertz CT molecular complexity index is 840. The zero-order chi connectivity index (χ0) is 20.7. The first-order chi connectivity index (χ1) is 13.1. The largest absolute Gasteiger partial charge is 0.481 e. The summed E-state index contributed by atoms with van der Waals surface area (Å²) in [6.45, 7) is -0.944. The molecule has 1 atom stereocenters. The van der Waals surface area contributed by atoms with Crippen molar-refractivity contribution in [3.05, 3.63) is 41.7 Å². The number of rotatable bonds is 8. The summed E-state index contributed by atoms with van der Waals surface area (Å²) in [6.07, 6.45) is -6.72. The van der Waals surface area contributed by atoms with Crippen molar-refractivity contribution in [2.24, 2.45) is 0 Å². The molecule has 2 aromatic rings. The maximum absolute atomic E-state index is 12.5. The van der Waals surface area contributed by atoms with Crippen LogP contribution in [0.2, 0.25) is 0 Å². The Hall–Kier alpha value is -3.51. The number of benzene rings is 1. The van der Waals surface area contributed by atoms with Crippen LogP contribution in [0.1, 0.15) is 17.8 Å². The van der Waals surface area contributed by atoms with E-state index in [9.17, 15) is 27.6 Å². The number of amides is 1. The summed E-state index contributed by atoms with van der Waals surface area (Å²) in [5, 5.41) is 19.8. The van der Waals surface area contributed by atoms with Crippen LogP contribution < -0.4 is 5.32 Å². The van der Waals surface area contributed by atoms with Crippen molar-refractivity contribution in [3.63, 3.8) is 0 Å². The van der Waals surface area contributed by atoms with E-state index in [1.165, 1.54) is 0 Å². The lowest BCUT2D eigenvalue weighted by molar-refractivity contribution is -0.145. The molecule has 0 aliphatic heterocycles. The molecule has 0 fully saturated rings. The molecule has 0 bridgehead atoms. The van der Waals surface area contributed by atoms with Gasteiger partial charge in [0.2, 0.25) is 0 Å². The highest BCUT2D eigenvalue weighted by molar-refractivity contribution is 5.90. The quantitative estimate of drug-likeness (QED) is 0.669. The van der Waals surface area contributed by atoms with Crippen molar-refractivity contribution in [1.82, 2.24) is 25.5 Å². The third-order valence-electron chi connectivity index (χ3n) is 3.28. The van der Waals surface area contributed by atoms with Crippen molar-refractivity contribution in [2.75, 3.05) is 0 Å². The molecule has 1 aromatic carbocycles. The number of hydrogen-bond acceptors (Lipinski definition) is 7. The van der Waals surface area contributed by atoms with Crippen molar-refractivity contribution in [2.45, 2.75) is 31.8 Å². The van der Waals surface area contributed by atoms with Crippen molar-refractivity contribution in [1.29, 1.82) is 0 Å². The maximum Gasteiger partial charge on any atom is 0.455 e. The highest BCUT2D eigenvalue weighted by atomic mass is 19.4. The minimum Gasteiger partial charge on any atom is -0.481 e. The minimum atomic E-state index is -4.85. The van der Waals surface area contributed by atoms with E-state index in [1.807, 2.05) is 0 Å². The molecule has 28 heavy (non-hydrogen) atoms. The number of tetrazole rings is 1. The monoisotopic (exact) mass is 401 g/mol. The number of aromatic nitrogens is 4. The average molecular weight is 401 g/mol. The van der Waals surface area contributed by atoms with Gasteiger partial charge in [0, 0.05) is 0 Å². The third kappa shape index (κ3) is 6.34. The van der Waals surface area contributed by atoms with Gasteiger partial charge in [-0.1, -0.05) is 30.3 Å². The van der Waals surface area contributed by atoms with Gasteiger partial charge in [0.25, 0.3) is 5.82 Å². The maximum atomic E-state index is 12.5. The molecule has 1 aromatic heterocycles. The number of nitrogens with one attached hydrogen (secondary N) is 1. The number of carbonyl (C=O) groups is 3. The van der Waals surface area contributed by atoms with Gasteiger partial charge in [-0.2, -0.15) is 18.0 Å². The van der Waals surface area contributed by atoms with E-state index in [0.717, 1.165) is 0 Å². The number of carboxylic acid groups (broad SMARTS) is 1. The number of nitrogens with zero attached hydrogens (tertiary/aromatic N) is 4. The number of ketones is 1. The predicted molar refractivity (Wildman–Crippen MR) is 83.6 cm³/mol. The van der Waals surface area contributed by atoms with E-state index in [0.29, 0.717) is 10.4 Å². The topological polar surface area (TPSA) is 136 Å². The van der Waals surface area contributed by atoms with Crippen LogP contribution in [0.15, 0.2) is 30.3 Å². The molecular formula is C15H14F3N5O5. The molecule has 150 valence electrons. The molecule has 0 saturated carbocycles. The Morgan fingerprint density at radius 3 is 2.46 bits per heavy atom. The number of carbonyl (C=O) groups excluding carboxylic acids is 2. The lowest BCUT2D eigenvalue weighted by Gasteiger charge is -2.15. The standard InChI is InChI=1S/C15H14F3N5O5/c16-15(17,18)13-20-22-23(21-13)7-11(24)10(6-12(25)26)19-14(27)28-8-9-4-2-1-3-5-9/h1-5,10H,6-8H2,(H,19,27)(H,25,26). The molecule has 13 heteroatoms. The van der Waals surface area contributed by atoms with E-state index < -0.39 is 48.9 Å². The fraction of sp³-hybridized carbons (Fsp3) is 0.333. The summed E-state index contributed by atoms with van der Waals surface area (Å²) in [6, 6.07) is 7.00. The zero-order valence-corrected chi connectivity index (χ0v) is 14.1. The second-order valence-corrected chi connectivity index (χ2v) is 5.46. The summed E-state index contributed by atoms with van der Waals surface area (Å²) in [5.74, 6) is -3.90. The van der Waals surface area contributed by atoms with Crippen LogP contribution in [0.4, 0.5) is 18.0 Å². The Morgan fingerprint density at radius 2 is 1.89 bits per heavy atom. The van der Waals surface area contributed by atoms with Crippen LogP contribution in [0.3, 0.4) is 0 Å². The number of hydrogen-bond donors (Lipinski definition) is 2. The van der Waals surface area contributed by atoms with E-state index in [-0.39, 0.29) is 6.61 Å². The van der Waals surface area contributed by atoms with Crippen LogP contribution in [0.25, 0.3) is 0 Å². The molecule has 1 heterocycles. The molecule has 0 aliphatic carbocycles. The SMILES string of the molecule is O=C(O)CC(NC(=O)OCc1ccccc1)C(=O)Cn1nnc(C(F)(F)F)n1. The third-order valence-corrected chi connectivity index (χ3v) is 3.28. The number of halogens is 3. The molecule has 0 spiro atoms. The lowest BCUT2D eigenvalue weighted by Crippen LogP contribution is -2.44. The van der Waals surface area contributed by atoms with Crippen molar-refractivity contribution in [3.8, 4) is 0 Å². The van der Waals surface area contributed by atoms with Crippen molar-refractivity contribution < 1.29 is 37.4 Å². The molecule has 2 N–H and O–H groups in total. The molecule has 1 amide bonds. The number of Topliss-reactive ketones (excluding diaryl/α,β-unsaturated/α-hetero) is 1. The highest BCUT2D eigenvalue weighted by Gasteiger charge is 2.37. The Kier molecular flexibility index (Phi) is 6.63. The smallest absolute Gasteiger partial charge is 0.455 e. The van der Waals surface area contributed by atoms with Gasteiger partial charge in [0.1, 0.15) is 19.2 Å². The summed E-state index contributed by atoms with van der Waals surface area (Å²) in [4.78, 5) is 35.3.